The van der Waals surface area contributed by atoms with Gasteiger partial charge in [-0.15, -0.1) is 0 Å². The second-order valence-corrected chi connectivity index (χ2v) is 19.5. The number of fused-ring (bicyclic) bond motifs is 4. The summed E-state index contributed by atoms with van der Waals surface area (Å²) in [6.07, 6.45) is 16.4. The standard InChI is InChI=1S/C29H25ClFN5O.C20H19N3O2.C9H8ClFN2.CH4/c30-25-17-34-28-14-26(31)21(13-24(25)28)15-35-29(37)19-5-6-32-22(11-19)10-18-3-4-27-20(9-18)12-23(16-33-27)36-7-1-2-8-36;24-20(25)15-5-6-21-17(11-15)10-14-3-4-19-16(9-14)12-18(13-22-19)23-7-1-2-8-23;10-7-4-13-9-2-8(11)5(3-12)1-6(7)9;/h3-6,9,11-14,16-17,34H,1-2,7-8,10,15H2,(H,35,37);3-6,9,11-13H,1-2,7-8,10H2,(H,24,25);1-2,4,13H,3,12H2;1H4. The van der Waals surface area contributed by atoms with Gasteiger partial charge in [-0.2, -0.15) is 0 Å². The van der Waals surface area contributed by atoms with Crippen molar-refractivity contribution in [3.05, 3.63) is 201 Å². The van der Waals surface area contributed by atoms with Gasteiger partial charge in [0.2, 0.25) is 0 Å². The van der Waals surface area contributed by atoms with Gasteiger partial charge in [-0.25, -0.2) is 13.6 Å². The molecular weight excluding hydrogens is 1010 g/mol. The lowest BCUT2D eigenvalue weighted by atomic mass is 10.0. The van der Waals surface area contributed by atoms with Crippen LogP contribution in [0.15, 0.2) is 134 Å². The molecule has 76 heavy (non-hydrogen) atoms. The summed E-state index contributed by atoms with van der Waals surface area (Å²) >= 11 is 12.0. The zero-order valence-electron chi connectivity index (χ0n) is 40.7. The Morgan fingerprint density at radius 1 is 0.618 bits per heavy atom. The molecule has 2 fully saturated rings. The molecule has 388 valence electrons. The van der Waals surface area contributed by atoms with Crippen LogP contribution in [0.1, 0.15) is 87.5 Å². The van der Waals surface area contributed by atoms with E-state index in [1.165, 1.54) is 49.6 Å². The van der Waals surface area contributed by atoms with Crippen LogP contribution in [0.2, 0.25) is 10.0 Å². The number of nitrogens with two attached hydrogens (primary N) is 1. The predicted molar refractivity (Wildman–Crippen MR) is 300 cm³/mol. The molecule has 0 spiro atoms. The van der Waals surface area contributed by atoms with Crippen molar-refractivity contribution in [2.24, 2.45) is 5.73 Å². The number of halogens is 4. The summed E-state index contributed by atoms with van der Waals surface area (Å²) in [4.78, 5) is 52.5. The third-order valence-corrected chi connectivity index (χ3v) is 14.2. The minimum Gasteiger partial charge on any atom is -0.478 e. The fraction of sp³-hybridized carbons (Fsp3) is 0.220. The molecule has 4 aromatic carbocycles. The number of benzene rings is 4. The Hall–Kier alpha value is -7.98. The fourth-order valence-corrected chi connectivity index (χ4v) is 10.00. The number of carbonyl (C=O) groups is 2. The summed E-state index contributed by atoms with van der Waals surface area (Å²) in [6.45, 7) is 4.58. The zero-order valence-corrected chi connectivity index (χ0v) is 42.2. The highest BCUT2D eigenvalue weighted by molar-refractivity contribution is 6.36. The van der Waals surface area contributed by atoms with Gasteiger partial charge in [-0.05, 0) is 122 Å². The number of H-pyrrole nitrogens is 2. The summed E-state index contributed by atoms with van der Waals surface area (Å²) in [5.41, 5.74) is 16.3. The summed E-state index contributed by atoms with van der Waals surface area (Å²) in [7, 11) is 0. The molecule has 2 aliphatic heterocycles. The molecule has 10 aromatic rings. The number of carboxylic acids is 1. The van der Waals surface area contributed by atoms with E-state index in [4.69, 9.17) is 34.0 Å². The van der Waals surface area contributed by atoms with Crippen LogP contribution in [0, 0.1) is 11.6 Å². The third-order valence-electron chi connectivity index (χ3n) is 13.6. The maximum atomic E-state index is 14.5. The number of carboxylic acid groups (broad SMARTS) is 1. The van der Waals surface area contributed by atoms with Crippen molar-refractivity contribution in [2.75, 3.05) is 36.0 Å². The Balaban J connectivity index is 0.000000155. The second-order valence-electron chi connectivity index (χ2n) is 18.7. The predicted octanol–water partition coefficient (Wildman–Crippen LogP) is 12.6. The molecular formula is C59H56Cl2F2N10O3. The quantitative estimate of drug-likeness (QED) is 0.0836. The lowest BCUT2D eigenvalue weighted by molar-refractivity contribution is 0.0696. The normalized spacial score (nSPS) is 13.1. The summed E-state index contributed by atoms with van der Waals surface area (Å²) in [6, 6.07) is 29.5. The highest BCUT2D eigenvalue weighted by atomic mass is 35.5. The van der Waals surface area contributed by atoms with E-state index in [1.807, 2.05) is 36.7 Å². The Labute approximate surface area is 448 Å². The molecule has 8 heterocycles. The Kier molecular flexibility index (Phi) is 16.5. The van der Waals surface area contributed by atoms with Crippen LogP contribution in [0.25, 0.3) is 43.6 Å². The van der Waals surface area contributed by atoms with Gasteiger partial charge in [0.05, 0.1) is 50.4 Å². The second kappa shape index (κ2) is 23.7. The van der Waals surface area contributed by atoms with Gasteiger partial charge in [-0.3, -0.25) is 24.7 Å². The van der Waals surface area contributed by atoms with Crippen molar-refractivity contribution in [3.63, 3.8) is 0 Å². The first kappa shape index (κ1) is 52.9. The highest BCUT2D eigenvalue weighted by Crippen LogP contribution is 2.29. The van der Waals surface area contributed by atoms with Crippen LogP contribution < -0.4 is 20.9 Å². The molecule has 0 saturated carbocycles. The van der Waals surface area contributed by atoms with Gasteiger partial charge < -0.3 is 35.9 Å². The van der Waals surface area contributed by atoms with Gasteiger partial charge in [-0.1, -0.05) is 42.8 Å². The topological polar surface area (TPSA) is 182 Å². The third kappa shape index (κ3) is 12.2. The van der Waals surface area contributed by atoms with E-state index in [9.17, 15) is 18.4 Å². The molecule has 2 saturated heterocycles. The number of pyridine rings is 4. The SMILES string of the molecule is C.NCc1cc2c(Cl)c[nH]c2cc1F.O=C(NCc1cc2c(Cl)c[nH]c2cc1F)c1ccnc(Cc2ccc3ncc(N4CCCC4)cc3c2)c1.O=C(O)c1ccnc(Cc2ccc3ncc(N4CCCC4)cc3c2)c1. The van der Waals surface area contributed by atoms with E-state index in [-0.39, 0.29) is 37.8 Å². The lowest BCUT2D eigenvalue weighted by Gasteiger charge is -2.17. The molecule has 0 atom stereocenters. The summed E-state index contributed by atoms with van der Waals surface area (Å²) in [5, 5.41) is 16.7. The number of carbonyl (C=O) groups excluding carboxylic acids is 1. The Morgan fingerprint density at radius 2 is 1.09 bits per heavy atom. The van der Waals surface area contributed by atoms with E-state index in [2.05, 4.69) is 69.3 Å². The van der Waals surface area contributed by atoms with Crippen LogP contribution in [-0.2, 0) is 25.9 Å². The van der Waals surface area contributed by atoms with E-state index in [0.717, 1.165) is 87.0 Å². The summed E-state index contributed by atoms with van der Waals surface area (Å²) < 4.78 is 27.7. The van der Waals surface area contributed by atoms with E-state index < -0.39 is 11.8 Å². The number of hydrogen-bond donors (Lipinski definition) is 5. The van der Waals surface area contributed by atoms with Crippen LogP contribution in [0.4, 0.5) is 20.2 Å². The highest BCUT2D eigenvalue weighted by Gasteiger charge is 2.17. The first-order chi connectivity index (χ1) is 36.4. The molecule has 13 nitrogen and oxygen atoms in total. The largest absolute Gasteiger partial charge is 0.478 e. The monoisotopic (exact) mass is 1060 g/mol. The minimum absolute atomic E-state index is 0. The van der Waals surface area contributed by atoms with Crippen molar-refractivity contribution in [3.8, 4) is 0 Å². The van der Waals surface area contributed by atoms with Gasteiger partial charge in [0.1, 0.15) is 11.6 Å². The zero-order chi connectivity index (χ0) is 52.0. The van der Waals surface area contributed by atoms with E-state index in [1.54, 1.807) is 55.1 Å². The van der Waals surface area contributed by atoms with Crippen LogP contribution in [0.5, 0.6) is 0 Å². The first-order valence-electron chi connectivity index (χ1n) is 24.7. The summed E-state index contributed by atoms with van der Waals surface area (Å²) in [5.74, 6) is -1.92. The minimum atomic E-state index is -0.929. The Morgan fingerprint density at radius 3 is 1.59 bits per heavy atom. The van der Waals surface area contributed by atoms with Crippen molar-refractivity contribution in [1.29, 1.82) is 0 Å². The van der Waals surface area contributed by atoms with Gasteiger partial charge in [0.25, 0.3) is 5.91 Å². The number of aromatic carboxylic acids is 1. The molecule has 6 N–H and O–H groups in total. The number of amides is 1. The number of aromatic amines is 2. The average Bonchev–Trinajstić information content (AvgIpc) is 4.29. The molecule has 1 amide bonds. The first-order valence-corrected chi connectivity index (χ1v) is 25.5. The molecule has 17 heteroatoms. The molecule has 0 bridgehead atoms. The molecule has 0 unspecified atom stereocenters. The van der Waals surface area contributed by atoms with Crippen molar-refractivity contribution in [2.45, 2.75) is 59.0 Å². The van der Waals surface area contributed by atoms with Gasteiger partial charge in [0.15, 0.2) is 0 Å². The number of nitrogens with one attached hydrogen (secondary N) is 3. The molecule has 0 aliphatic carbocycles. The number of nitrogens with zero attached hydrogens (tertiary/aromatic N) is 6. The van der Waals surface area contributed by atoms with Crippen molar-refractivity contribution >= 4 is 90.1 Å². The van der Waals surface area contributed by atoms with Gasteiger partial charge >= 0.3 is 5.97 Å². The number of aromatic nitrogens is 6. The van der Waals surface area contributed by atoms with Crippen molar-refractivity contribution in [1.82, 2.24) is 35.2 Å². The maximum Gasteiger partial charge on any atom is 0.335 e. The van der Waals surface area contributed by atoms with Gasteiger partial charge in [0, 0.05) is 138 Å². The van der Waals surface area contributed by atoms with Crippen LogP contribution in [0.3, 0.4) is 0 Å². The van der Waals surface area contributed by atoms with E-state index >= 15 is 0 Å². The number of anilines is 2. The molecule has 0 radical (unpaired) electrons. The maximum absolute atomic E-state index is 14.5. The molecule has 6 aromatic heterocycles. The smallest absolute Gasteiger partial charge is 0.335 e. The van der Waals surface area contributed by atoms with Crippen LogP contribution in [-0.4, -0.2) is 73.1 Å². The molecule has 2 aliphatic rings. The average molecular weight is 1060 g/mol. The number of rotatable bonds is 11. The number of hydrogen-bond acceptors (Lipinski definition) is 9. The van der Waals surface area contributed by atoms with Crippen molar-refractivity contribution < 1.29 is 23.5 Å². The Bertz CT molecular complexity index is 3720. The van der Waals surface area contributed by atoms with Crippen LogP contribution >= 0.6 is 23.2 Å². The lowest BCUT2D eigenvalue weighted by Crippen LogP contribution is -2.23. The fourth-order valence-electron chi connectivity index (χ4n) is 9.57. The molecule has 12 rings (SSSR count). The van der Waals surface area contributed by atoms with E-state index in [0.29, 0.717) is 50.6 Å².